The molecule has 0 spiro atoms. The molecule has 2 rings (SSSR count). The van der Waals surface area contributed by atoms with Crippen LogP contribution in [0.2, 0.25) is 0 Å². The minimum atomic E-state index is -0.776. The highest BCUT2D eigenvalue weighted by Crippen LogP contribution is 2.32. The zero-order valence-corrected chi connectivity index (χ0v) is 13.6. The summed E-state index contributed by atoms with van der Waals surface area (Å²) in [5, 5.41) is 1.45. The lowest BCUT2D eigenvalue weighted by Gasteiger charge is -2.35. The molecule has 23 heavy (non-hydrogen) atoms. The fourth-order valence-electron chi connectivity index (χ4n) is 2.67. The van der Waals surface area contributed by atoms with Gasteiger partial charge in [-0.1, -0.05) is 12.1 Å². The normalized spacial score (nSPS) is 22.4. The van der Waals surface area contributed by atoms with Crippen molar-refractivity contribution in [3.63, 3.8) is 0 Å². The number of aldehydes is 1. The molecule has 0 aromatic heterocycles. The highest BCUT2D eigenvalue weighted by molar-refractivity contribution is 5.60. The summed E-state index contributed by atoms with van der Waals surface area (Å²) in [6.07, 6.45) is 0.721. The Bertz CT molecular complexity index is 553. The molecule has 0 radical (unpaired) electrons. The molecule has 126 valence electrons. The number of nitrogens with zero attached hydrogens (tertiary/aromatic N) is 1. The minimum Gasteiger partial charge on any atom is -0.427 e. The molecule has 2 unspecified atom stereocenters. The summed E-state index contributed by atoms with van der Waals surface area (Å²) in [4.78, 5) is 28.2. The summed E-state index contributed by atoms with van der Waals surface area (Å²) in [6, 6.07) is 6.17. The third-order valence-corrected chi connectivity index (χ3v) is 3.69. The maximum atomic E-state index is 13.0. The number of rotatable bonds is 3. The molecule has 1 saturated heterocycles. The summed E-state index contributed by atoms with van der Waals surface area (Å²) in [6.45, 7) is 6.05. The summed E-state index contributed by atoms with van der Waals surface area (Å²) >= 11 is 0. The van der Waals surface area contributed by atoms with Crippen molar-refractivity contribution in [2.75, 3.05) is 13.1 Å². The van der Waals surface area contributed by atoms with Gasteiger partial charge >= 0.3 is 6.16 Å². The number of hydrogen-bond donors (Lipinski definition) is 0. The number of hydrogen-bond acceptors (Lipinski definition) is 5. The first-order valence-electron chi connectivity index (χ1n) is 7.65. The predicted molar refractivity (Wildman–Crippen MR) is 82.2 cm³/mol. The van der Waals surface area contributed by atoms with Crippen molar-refractivity contribution in [1.29, 1.82) is 0 Å². The van der Waals surface area contributed by atoms with Gasteiger partial charge in [0.15, 0.2) is 0 Å². The topological polar surface area (TPSA) is 55.8 Å². The average molecular weight is 323 g/mol. The van der Waals surface area contributed by atoms with E-state index in [0.717, 1.165) is 11.8 Å². The fourth-order valence-corrected chi connectivity index (χ4v) is 2.67. The van der Waals surface area contributed by atoms with Gasteiger partial charge in [-0.15, -0.1) is 5.06 Å². The number of carbonyl (C=O) groups is 2. The zero-order valence-electron chi connectivity index (χ0n) is 13.6. The van der Waals surface area contributed by atoms with Crippen molar-refractivity contribution < 1.29 is 23.6 Å². The van der Waals surface area contributed by atoms with Crippen molar-refractivity contribution >= 4 is 12.4 Å². The molecule has 1 fully saturated rings. The Kier molecular flexibility index (Phi) is 5.36. The summed E-state index contributed by atoms with van der Waals surface area (Å²) in [7, 11) is 0. The Morgan fingerprint density at radius 1 is 1.30 bits per heavy atom. The van der Waals surface area contributed by atoms with Crippen molar-refractivity contribution in [1.82, 2.24) is 5.06 Å². The Labute approximate surface area is 135 Å². The second-order valence-corrected chi connectivity index (χ2v) is 6.69. The number of benzene rings is 1. The number of ether oxygens (including phenoxy) is 1. The van der Waals surface area contributed by atoms with Gasteiger partial charge in [-0.3, -0.25) is 0 Å². The molecular weight excluding hydrogens is 301 g/mol. The van der Waals surface area contributed by atoms with Crippen LogP contribution in [0.1, 0.15) is 38.7 Å². The van der Waals surface area contributed by atoms with Gasteiger partial charge in [0.05, 0.1) is 0 Å². The molecule has 0 saturated carbocycles. The standard InChI is InChI=1S/C17H22FNO4/c1-17(2,3)22-16(21)23-19-9-8-15(13(10-19)11-20)12-4-6-14(18)7-5-12/h4-7,11,13,15H,8-10H2,1-3H3. The van der Waals surface area contributed by atoms with Crippen LogP contribution >= 0.6 is 0 Å². The van der Waals surface area contributed by atoms with Crippen LogP contribution in [0.3, 0.4) is 0 Å². The fraction of sp³-hybridized carbons (Fsp3) is 0.529. The first-order valence-corrected chi connectivity index (χ1v) is 7.65. The van der Waals surface area contributed by atoms with Gasteiger partial charge in [0.25, 0.3) is 0 Å². The molecule has 1 aromatic carbocycles. The SMILES string of the molecule is CC(C)(C)OC(=O)ON1CCC(c2ccc(F)cc2)C(C=O)C1. The Hall–Kier alpha value is -1.95. The quantitative estimate of drug-likeness (QED) is 0.631. The van der Waals surface area contributed by atoms with Crippen LogP contribution in [0.5, 0.6) is 0 Å². The first kappa shape index (κ1) is 17.4. The van der Waals surface area contributed by atoms with Gasteiger partial charge < -0.3 is 14.4 Å². The summed E-state index contributed by atoms with van der Waals surface area (Å²) in [5.41, 5.74) is 0.286. The van der Waals surface area contributed by atoms with Gasteiger partial charge in [0.2, 0.25) is 0 Å². The minimum absolute atomic E-state index is 0.00779. The van der Waals surface area contributed by atoms with E-state index in [1.165, 1.54) is 17.2 Å². The van der Waals surface area contributed by atoms with E-state index in [1.54, 1.807) is 32.9 Å². The number of piperidine rings is 1. The second kappa shape index (κ2) is 7.08. The van der Waals surface area contributed by atoms with E-state index in [-0.39, 0.29) is 17.7 Å². The lowest BCUT2D eigenvalue weighted by atomic mass is 9.82. The van der Waals surface area contributed by atoms with Crippen molar-refractivity contribution in [3.8, 4) is 0 Å². The molecule has 6 heteroatoms. The van der Waals surface area contributed by atoms with Crippen LogP contribution in [-0.2, 0) is 14.4 Å². The smallest absolute Gasteiger partial charge is 0.427 e. The van der Waals surface area contributed by atoms with Crippen molar-refractivity contribution in [2.24, 2.45) is 5.92 Å². The van der Waals surface area contributed by atoms with E-state index in [4.69, 9.17) is 9.57 Å². The molecule has 1 aliphatic heterocycles. The molecule has 2 atom stereocenters. The molecule has 0 amide bonds. The van der Waals surface area contributed by atoms with Crippen LogP contribution in [0.15, 0.2) is 24.3 Å². The van der Waals surface area contributed by atoms with E-state index < -0.39 is 11.8 Å². The molecular formula is C17H22FNO4. The lowest BCUT2D eigenvalue weighted by Crippen LogP contribution is -2.42. The van der Waals surface area contributed by atoms with Gasteiger partial charge in [0, 0.05) is 19.0 Å². The highest BCUT2D eigenvalue weighted by Gasteiger charge is 2.32. The molecule has 1 aromatic rings. The van der Waals surface area contributed by atoms with Crippen LogP contribution in [0.4, 0.5) is 9.18 Å². The number of hydroxylamine groups is 2. The van der Waals surface area contributed by atoms with Gasteiger partial charge in [-0.25, -0.2) is 9.18 Å². The van der Waals surface area contributed by atoms with Crippen LogP contribution in [-0.4, -0.2) is 36.2 Å². The molecule has 1 heterocycles. The monoisotopic (exact) mass is 323 g/mol. The average Bonchev–Trinajstić information content (AvgIpc) is 2.46. The van der Waals surface area contributed by atoms with Crippen LogP contribution < -0.4 is 0 Å². The Morgan fingerprint density at radius 2 is 1.96 bits per heavy atom. The van der Waals surface area contributed by atoms with E-state index in [2.05, 4.69) is 0 Å². The van der Waals surface area contributed by atoms with Gasteiger partial charge in [0.1, 0.15) is 17.7 Å². The van der Waals surface area contributed by atoms with E-state index in [1.807, 2.05) is 0 Å². The summed E-state index contributed by atoms with van der Waals surface area (Å²) in [5.74, 6) is -0.634. The maximum absolute atomic E-state index is 13.0. The maximum Gasteiger partial charge on any atom is 0.528 e. The Morgan fingerprint density at radius 3 is 2.52 bits per heavy atom. The first-order chi connectivity index (χ1) is 10.8. The van der Waals surface area contributed by atoms with Gasteiger partial charge in [-0.05, 0) is 50.8 Å². The van der Waals surface area contributed by atoms with E-state index in [9.17, 15) is 14.0 Å². The second-order valence-electron chi connectivity index (χ2n) is 6.69. The largest absolute Gasteiger partial charge is 0.528 e. The van der Waals surface area contributed by atoms with Crippen molar-refractivity contribution in [3.05, 3.63) is 35.6 Å². The lowest BCUT2D eigenvalue weighted by molar-refractivity contribution is -0.163. The zero-order chi connectivity index (χ0) is 17.0. The highest BCUT2D eigenvalue weighted by atomic mass is 19.1. The van der Waals surface area contributed by atoms with Crippen LogP contribution in [0, 0.1) is 11.7 Å². The molecule has 0 aliphatic carbocycles. The van der Waals surface area contributed by atoms with Gasteiger partial charge in [-0.2, -0.15) is 0 Å². The molecule has 1 aliphatic rings. The van der Waals surface area contributed by atoms with E-state index in [0.29, 0.717) is 19.5 Å². The predicted octanol–water partition coefficient (Wildman–Crippen LogP) is 3.30. The van der Waals surface area contributed by atoms with E-state index >= 15 is 0 Å². The molecule has 0 bridgehead atoms. The third-order valence-electron chi connectivity index (χ3n) is 3.69. The summed E-state index contributed by atoms with van der Waals surface area (Å²) < 4.78 is 18.1. The molecule has 0 N–H and O–H groups in total. The Balaban J connectivity index is 1.97. The number of carbonyl (C=O) groups excluding carboxylic acids is 2. The number of halogens is 1. The van der Waals surface area contributed by atoms with Crippen molar-refractivity contribution in [2.45, 2.75) is 38.7 Å². The van der Waals surface area contributed by atoms with Crippen LogP contribution in [0.25, 0.3) is 0 Å². The third kappa shape index (κ3) is 5.03. The molecule has 5 nitrogen and oxygen atoms in total.